The molecular formula is C22H24N2O3S. The number of aliphatic imine (C=N–C) groups is 1. The Morgan fingerprint density at radius 1 is 1.11 bits per heavy atom. The number of amidine groups is 1. The molecule has 0 radical (unpaired) electrons. The van der Waals surface area contributed by atoms with Gasteiger partial charge in [-0.15, -0.1) is 0 Å². The molecule has 3 rings (SSSR count). The molecule has 0 unspecified atom stereocenters. The fourth-order valence-corrected chi connectivity index (χ4v) is 3.59. The zero-order valence-electron chi connectivity index (χ0n) is 16.1. The third-order valence-electron chi connectivity index (χ3n) is 4.18. The maximum atomic E-state index is 13.0. The molecule has 0 atom stereocenters. The number of rotatable bonds is 8. The zero-order chi connectivity index (χ0) is 19.8. The Kier molecular flexibility index (Phi) is 7.28. The number of methoxy groups -OCH3 is 1. The van der Waals surface area contributed by atoms with E-state index in [1.807, 2.05) is 67.6 Å². The molecule has 1 aliphatic heterocycles. The summed E-state index contributed by atoms with van der Waals surface area (Å²) in [7, 11) is 1.63. The second-order valence-electron chi connectivity index (χ2n) is 6.12. The Bertz CT molecular complexity index is 848. The molecular weight excluding hydrogens is 372 g/mol. The minimum absolute atomic E-state index is 0.0846. The third-order valence-corrected chi connectivity index (χ3v) is 5.12. The number of hydrogen-bond donors (Lipinski definition) is 0. The van der Waals surface area contributed by atoms with E-state index in [0.717, 1.165) is 22.6 Å². The summed E-state index contributed by atoms with van der Waals surface area (Å²) in [4.78, 5) is 19.4. The highest BCUT2D eigenvalue weighted by atomic mass is 32.2. The van der Waals surface area contributed by atoms with E-state index in [2.05, 4.69) is 4.99 Å². The van der Waals surface area contributed by atoms with Gasteiger partial charge in [-0.3, -0.25) is 9.69 Å². The molecule has 146 valence electrons. The molecule has 1 amide bonds. The van der Waals surface area contributed by atoms with Crippen LogP contribution in [0.3, 0.4) is 0 Å². The lowest BCUT2D eigenvalue weighted by Crippen LogP contribution is -2.30. The number of amides is 1. The van der Waals surface area contributed by atoms with Gasteiger partial charge in [-0.2, -0.15) is 0 Å². The number of carbonyl (C=O) groups is 1. The molecule has 0 spiro atoms. The monoisotopic (exact) mass is 396 g/mol. The highest BCUT2D eigenvalue weighted by Crippen LogP contribution is 2.26. The second-order valence-corrected chi connectivity index (χ2v) is 7.18. The third kappa shape index (κ3) is 5.24. The molecule has 0 N–H and O–H groups in total. The van der Waals surface area contributed by atoms with E-state index in [9.17, 15) is 4.79 Å². The first-order chi connectivity index (χ1) is 13.7. The summed E-state index contributed by atoms with van der Waals surface area (Å²) < 4.78 is 10.6. The average Bonchev–Trinajstić information content (AvgIpc) is 3.01. The SMILES string of the molecule is CCOCCSC1=N/C(=C\c2ccc(OC)cc2)C(=O)N1Cc1ccccc1. The molecule has 0 fully saturated rings. The normalized spacial score (nSPS) is 15.2. The van der Waals surface area contributed by atoms with Crippen LogP contribution in [-0.2, 0) is 16.1 Å². The van der Waals surface area contributed by atoms with Gasteiger partial charge in [0.15, 0.2) is 5.17 Å². The molecule has 1 aliphatic rings. The van der Waals surface area contributed by atoms with Crippen LogP contribution >= 0.6 is 11.8 Å². The summed E-state index contributed by atoms with van der Waals surface area (Å²) in [6.07, 6.45) is 1.82. The minimum atomic E-state index is -0.0846. The van der Waals surface area contributed by atoms with Gasteiger partial charge < -0.3 is 9.47 Å². The van der Waals surface area contributed by atoms with E-state index < -0.39 is 0 Å². The van der Waals surface area contributed by atoms with Crippen LogP contribution in [0.5, 0.6) is 5.75 Å². The van der Waals surface area contributed by atoms with E-state index in [1.165, 1.54) is 0 Å². The quantitative estimate of drug-likeness (QED) is 0.496. The highest BCUT2D eigenvalue weighted by molar-refractivity contribution is 8.13. The van der Waals surface area contributed by atoms with Crippen LogP contribution in [0.4, 0.5) is 0 Å². The minimum Gasteiger partial charge on any atom is -0.497 e. The van der Waals surface area contributed by atoms with Crippen molar-refractivity contribution in [3.8, 4) is 5.75 Å². The Morgan fingerprint density at radius 3 is 2.54 bits per heavy atom. The van der Waals surface area contributed by atoms with E-state index in [1.54, 1.807) is 23.8 Å². The van der Waals surface area contributed by atoms with Crippen molar-refractivity contribution < 1.29 is 14.3 Å². The van der Waals surface area contributed by atoms with Crippen molar-refractivity contribution in [1.29, 1.82) is 0 Å². The lowest BCUT2D eigenvalue weighted by Gasteiger charge is -2.17. The molecule has 2 aromatic rings. The van der Waals surface area contributed by atoms with Crippen molar-refractivity contribution in [1.82, 2.24) is 4.90 Å². The van der Waals surface area contributed by atoms with Gasteiger partial charge in [0.2, 0.25) is 0 Å². The Morgan fingerprint density at radius 2 is 1.86 bits per heavy atom. The van der Waals surface area contributed by atoms with Gasteiger partial charge in [0.25, 0.3) is 5.91 Å². The van der Waals surface area contributed by atoms with Crippen molar-refractivity contribution >= 4 is 28.9 Å². The molecule has 0 saturated carbocycles. The molecule has 6 heteroatoms. The van der Waals surface area contributed by atoms with Gasteiger partial charge in [0, 0.05) is 12.4 Å². The number of ether oxygens (including phenoxy) is 2. The molecule has 1 heterocycles. The summed E-state index contributed by atoms with van der Waals surface area (Å²) in [5.74, 6) is 1.45. The lowest BCUT2D eigenvalue weighted by molar-refractivity contribution is -0.122. The number of carbonyl (C=O) groups excluding carboxylic acids is 1. The van der Waals surface area contributed by atoms with Crippen molar-refractivity contribution in [3.05, 3.63) is 71.4 Å². The first kappa shape index (κ1) is 20.2. The van der Waals surface area contributed by atoms with Crippen molar-refractivity contribution in [3.63, 3.8) is 0 Å². The van der Waals surface area contributed by atoms with Crippen molar-refractivity contribution in [2.45, 2.75) is 13.5 Å². The highest BCUT2D eigenvalue weighted by Gasteiger charge is 2.30. The Hall–Kier alpha value is -2.57. The van der Waals surface area contributed by atoms with Crippen LogP contribution in [0.2, 0.25) is 0 Å². The molecule has 0 bridgehead atoms. The van der Waals surface area contributed by atoms with E-state index >= 15 is 0 Å². The van der Waals surface area contributed by atoms with Gasteiger partial charge in [0.05, 0.1) is 20.3 Å². The van der Waals surface area contributed by atoms with Crippen molar-refractivity contribution in [2.24, 2.45) is 4.99 Å². The summed E-state index contributed by atoms with van der Waals surface area (Å²) in [6, 6.07) is 17.5. The maximum Gasteiger partial charge on any atom is 0.278 e. The molecule has 0 saturated heterocycles. The number of nitrogens with zero attached hydrogens (tertiary/aromatic N) is 2. The molecule has 0 aliphatic carbocycles. The van der Waals surface area contributed by atoms with Gasteiger partial charge in [-0.25, -0.2) is 4.99 Å². The summed E-state index contributed by atoms with van der Waals surface area (Å²) in [6.45, 7) is 3.78. The summed E-state index contributed by atoms with van der Waals surface area (Å²) in [5, 5.41) is 0.716. The number of benzene rings is 2. The number of hydrogen-bond acceptors (Lipinski definition) is 5. The van der Waals surface area contributed by atoms with Crippen LogP contribution in [-0.4, -0.2) is 42.1 Å². The molecule has 5 nitrogen and oxygen atoms in total. The average molecular weight is 397 g/mol. The molecule has 0 aromatic heterocycles. The van der Waals surface area contributed by atoms with Crippen LogP contribution in [0.25, 0.3) is 6.08 Å². The van der Waals surface area contributed by atoms with E-state index in [-0.39, 0.29) is 5.91 Å². The molecule has 28 heavy (non-hydrogen) atoms. The first-order valence-corrected chi connectivity index (χ1v) is 10.2. The smallest absolute Gasteiger partial charge is 0.278 e. The summed E-state index contributed by atoms with van der Waals surface area (Å²) in [5.41, 5.74) is 2.42. The van der Waals surface area contributed by atoms with Gasteiger partial charge in [-0.1, -0.05) is 54.2 Å². The van der Waals surface area contributed by atoms with E-state index in [4.69, 9.17) is 9.47 Å². The fraction of sp³-hybridized carbons (Fsp3) is 0.273. The zero-order valence-corrected chi connectivity index (χ0v) is 16.9. The maximum absolute atomic E-state index is 13.0. The van der Waals surface area contributed by atoms with Crippen LogP contribution in [0.15, 0.2) is 65.3 Å². The van der Waals surface area contributed by atoms with Gasteiger partial charge in [0.1, 0.15) is 11.4 Å². The predicted molar refractivity (Wildman–Crippen MR) is 114 cm³/mol. The van der Waals surface area contributed by atoms with Crippen LogP contribution in [0, 0.1) is 0 Å². The topological polar surface area (TPSA) is 51.1 Å². The van der Waals surface area contributed by atoms with Crippen LogP contribution < -0.4 is 4.74 Å². The van der Waals surface area contributed by atoms with Crippen LogP contribution in [0.1, 0.15) is 18.1 Å². The predicted octanol–water partition coefficient (Wildman–Crippen LogP) is 4.20. The number of thioether (sulfide) groups is 1. The summed E-state index contributed by atoms with van der Waals surface area (Å²) >= 11 is 1.54. The Labute approximate surface area is 170 Å². The fourth-order valence-electron chi connectivity index (χ4n) is 2.74. The van der Waals surface area contributed by atoms with E-state index in [0.29, 0.717) is 30.6 Å². The standard InChI is InChI=1S/C22H24N2O3S/c1-3-27-13-14-28-22-23-20(15-17-9-11-19(26-2)12-10-17)21(25)24(22)16-18-7-5-4-6-8-18/h4-12,15H,3,13-14,16H2,1-2H3/b20-15-. The largest absolute Gasteiger partial charge is 0.497 e. The first-order valence-electron chi connectivity index (χ1n) is 9.22. The van der Waals surface area contributed by atoms with Gasteiger partial charge in [-0.05, 0) is 36.3 Å². The molecule has 2 aromatic carbocycles. The van der Waals surface area contributed by atoms with Gasteiger partial charge >= 0.3 is 0 Å². The second kappa shape index (κ2) is 10.1. The van der Waals surface area contributed by atoms with Crippen molar-refractivity contribution in [2.75, 3.05) is 26.1 Å². The lowest BCUT2D eigenvalue weighted by atomic mass is 10.1. The Balaban J connectivity index is 1.80.